The molecule has 0 amide bonds. The highest BCUT2D eigenvalue weighted by molar-refractivity contribution is 5.51. The molecule has 3 N–H and O–H groups in total. The molecule has 4 nitrogen and oxygen atoms in total. The molecule has 1 fully saturated rings. The van der Waals surface area contributed by atoms with Crippen LogP contribution in [0.5, 0.6) is 5.75 Å². The fraction of sp³-hybridized carbons (Fsp3) is 0.625. The van der Waals surface area contributed by atoms with Gasteiger partial charge < -0.3 is 20.5 Å². The Bertz CT molecular complexity index is 423. The standard InChI is InChI=1S/C16H26N2O2/c1-12(2)13-7-8-18(9-13)10-14(19)11-20-16-6-4-3-5-15(16)17/h3-6,12-14,19H,7-11,17H2,1-2H3. The number of benzene rings is 1. The number of aliphatic hydroxyl groups excluding tert-OH is 1. The van der Waals surface area contributed by atoms with Gasteiger partial charge in [-0.05, 0) is 36.9 Å². The Morgan fingerprint density at radius 2 is 2.15 bits per heavy atom. The molecule has 1 aromatic rings. The first-order valence-corrected chi connectivity index (χ1v) is 7.44. The first-order chi connectivity index (χ1) is 9.56. The third-order valence-corrected chi connectivity index (χ3v) is 4.07. The van der Waals surface area contributed by atoms with Crippen LogP contribution in [0.25, 0.3) is 0 Å². The van der Waals surface area contributed by atoms with Crippen LogP contribution in [0.2, 0.25) is 0 Å². The van der Waals surface area contributed by atoms with Crippen molar-refractivity contribution in [2.75, 3.05) is 32.0 Å². The van der Waals surface area contributed by atoms with Gasteiger partial charge in [-0.3, -0.25) is 0 Å². The maximum Gasteiger partial charge on any atom is 0.142 e. The van der Waals surface area contributed by atoms with Gasteiger partial charge in [-0.15, -0.1) is 0 Å². The molecule has 2 unspecified atom stereocenters. The van der Waals surface area contributed by atoms with Gasteiger partial charge in [0.05, 0.1) is 5.69 Å². The fourth-order valence-corrected chi connectivity index (χ4v) is 2.72. The van der Waals surface area contributed by atoms with Crippen LogP contribution in [0.4, 0.5) is 5.69 Å². The first-order valence-electron chi connectivity index (χ1n) is 7.44. The Labute approximate surface area is 121 Å². The first kappa shape index (κ1) is 15.1. The van der Waals surface area contributed by atoms with Crippen molar-refractivity contribution < 1.29 is 9.84 Å². The minimum absolute atomic E-state index is 0.289. The van der Waals surface area contributed by atoms with E-state index in [1.54, 1.807) is 6.07 Å². The van der Waals surface area contributed by atoms with Crippen molar-refractivity contribution in [2.45, 2.75) is 26.4 Å². The Balaban J connectivity index is 1.74. The molecule has 1 aliphatic rings. The number of anilines is 1. The lowest BCUT2D eigenvalue weighted by Crippen LogP contribution is -2.34. The third kappa shape index (κ3) is 4.12. The quantitative estimate of drug-likeness (QED) is 0.781. The van der Waals surface area contributed by atoms with Crippen LogP contribution in [0.1, 0.15) is 20.3 Å². The zero-order valence-electron chi connectivity index (χ0n) is 12.5. The van der Waals surface area contributed by atoms with E-state index in [0.717, 1.165) is 24.9 Å². The summed E-state index contributed by atoms with van der Waals surface area (Å²) in [5, 5.41) is 10.1. The van der Waals surface area contributed by atoms with Gasteiger partial charge in [0.25, 0.3) is 0 Å². The lowest BCUT2D eigenvalue weighted by molar-refractivity contribution is 0.0743. The van der Waals surface area contributed by atoms with Crippen molar-refractivity contribution in [3.05, 3.63) is 24.3 Å². The molecule has 1 aliphatic heterocycles. The summed E-state index contributed by atoms with van der Waals surface area (Å²) in [5.74, 6) is 2.12. The van der Waals surface area contributed by atoms with E-state index in [9.17, 15) is 5.11 Å². The zero-order valence-corrected chi connectivity index (χ0v) is 12.5. The normalized spacial score (nSPS) is 21.3. The summed E-state index contributed by atoms with van der Waals surface area (Å²) in [6, 6.07) is 7.38. The largest absolute Gasteiger partial charge is 0.489 e. The summed E-state index contributed by atoms with van der Waals surface area (Å²) >= 11 is 0. The van der Waals surface area contributed by atoms with Crippen molar-refractivity contribution in [3.63, 3.8) is 0 Å². The van der Waals surface area contributed by atoms with Gasteiger partial charge in [-0.1, -0.05) is 26.0 Å². The molecular weight excluding hydrogens is 252 g/mol. The Hall–Kier alpha value is -1.26. The summed E-state index contributed by atoms with van der Waals surface area (Å²) in [7, 11) is 0. The van der Waals surface area contributed by atoms with Gasteiger partial charge in [0.1, 0.15) is 18.5 Å². The smallest absolute Gasteiger partial charge is 0.142 e. The molecule has 0 bridgehead atoms. The minimum atomic E-state index is -0.472. The molecule has 2 rings (SSSR count). The van der Waals surface area contributed by atoms with Crippen molar-refractivity contribution in [1.29, 1.82) is 0 Å². The van der Waals surface area contributed by atoms with Crippen LogP contribution >= 0.6 is 0 Å². The zero-order chi connectivity index (χ0) is 14.5. The molecular formula is C16H26N2O2. The summed E-state index contributed by atoms with van der Waals surface area (Å²) in [6.07, 6.45) is 0.761. The van der Waals surface area contributed by atoms with E-state index in [2.05, 4.69) is 18.7 Å². The van der Waals surface area contributed by atoms with Crippen LogP contribution in [0.15, 0.2) is 24.3 Å². The number of para-hydroxylation sites is 2. The summed E-state index contributed by atoms with van der Waals surface area (Å²) < 4.78 is 5.58. The van der Waals surface area contributed by atoms with E-state index in [1.807, 2.05) is 18.2 Å². The Morgan fingerprint density at radius 3 is 2.80 bits per heavy atom. The highest BCUT2D eigenvalue weighted by Crippen LogP contribution is 2.24. The number of likely N-dealkylation sites (tertiary alicyclic amines) is 1. The molecule has 112 valence electrons. The monoisotopic (exact) mass is 278 g/mol. The summed E-state index contributed by atoms with van der Waals surface area (Å²) in [5.41, 5.74) is 6.42. The molecule has 0 spiro atoms. The number of aliphatic hydroxyl groups is 1. The van der Waals surface area contributed by atoms with Crippen LogP contribution in [0, 0.1) is 11.8 Å². The molecule has 0 aromatic heterocycles. The third-order valence-electron chi connectivity index (χ3n) is 4.07. The fourth-order valence-electron chi connectivity index (χ4n) is 2.72. The van der Waals surface area contributed by atoms with Gasteiger partial charge in [-0.2, -0.15) is 0 Å². The number of nitrogens with zero attached hydrogens (tertiary/aromatic N) is 1. The highest BCUT2D eigenvalue weighted by Gasteiger charge is 2.26. The number of ether oxygens (including phenoxy) is 1. The van der Waals surface area contributed by atoms with Crippen LogP contribution < -0.4 is 10.5 Å². The van der Waals surface area contributed by atoms with E-state index in [4.69, 9.17) is 10.5 Å². The topological polar surface area (TPSA) is 58.7 Å². The number of nitrogens with two attached hydrogens (primary N) is 1. The van der Waals surface area contributed by atoms with Crippen molar-refractivity contribution in [3.8, 4) is 5.75 Å². The molecule has 1 aromatic carbocycles. The molecule has 1 heterocycles. The molecule has 2 atom stereocenters. The van der Waals surface area contributed by atoms with E-state index in [1.165, 1.54) is 6.42 Å². The second-order valence-electron chi connectivity index (χ2n) is 6.06. The van der Waals surface area contributed by atoms with Crippen LogP contribution in [-0.4, -0.2) is 42.4 Å². The van der Waals surface area contributed by atoms with Gasteiger partial charge >= 0.3 is 0 Å². The SMILES string of the molecule is CC(C)C1CCN(CC(O)COc2ccccc2N)C1. The second-order valence-corrected chi connectivity index (χ2v) is 6.06. The molecule has 0 saturated carbocycles. The van der Waals surface area contributed by atoms with Gasteiger partial charge in [0.2, 0.25) is 0 Å². The number of nitrogen functional groups attached to an aromatic ring is 1. The second kappa shape index (κ2) is 6.95. The number of β-amino-alcohol motifs (C(OH)–C–C–N with tert-alkyl or cyclic N) is 1. The molecule has 4 heteroatoms. The predicted octanol–water partition coefficient (Wildman–Crippen LogP) is 1.99. The lowest BCUT2D eigenvalue weighted by atomic mass is 9.95. The van der Waals surface area contributed by atoms with Crippen LogP contribution in [0.3, 0.4) is 0 Å². The van der Waals surface area contributed by atoms with E-state index in [0.29, 0.717) is 18.0 Å². The van der Waals surface area contributed by atoms with Crippen molar-refractivity contribution in [1.82, 2.24) is 4.90 Å². The van der Waals surface area contributed by atoms with E-state index in [-0.39, 0.29) is 6.61 Å². The number of hydrogen-bond donors (Lipinski definition) is 2. The van der Waals surface area contributed by atoms with Gasteiger partial charge in [-0.25, -0.2) is 0 Å². The Kier molecular flexibility index (Phi) is 5.26. The summed E-state index contributed by atoms with van der Waals surface area (Å²) in [6.45, 7) is 7.67. The van der Waals surface area contributed by atoms with Gasteiger partial charge in [0.15, 0.2) is 0 Å². The molecule has 0 radical (unpaired) electrons. The van der Waals surface area contributed by atoms with Crippen LogP contribution in [-0.2, 0) is 0 Å². The maximum atomic E-state index is 10.1. The predicted molar refractivity (Wildman–Crippen MR) is 81.7 cm³/mol. The average molecular weight is 278 g/mol. The molecule has 1 saturated heterocycles. The van der Waals surface area contributed by atoms with Gasteiger partial charge in [0, 0.05) is 13.1 Å². The minimum Gasteiger partial charge on any atom is -0.489 e. The summed E-state index contributed by atoms with van der Waals surface area (Å²) in [4.78, 5) is 2.33. The van der Waals surface area contributed by atoms with Crippen molar-refractivity contribution >= 4 is 5.69 Å². The lowest BCUT2D eigenvalue weighted by Gasteiger charge is -2.21. The molecule has 20 heavy (non-hydrogen) atoms. The average Bonchev–Trinajstić information content (AvgIpc) is 2.86. The number of rotatable bonds is 6. The van der Waals surface area contributed by atoms with E-state index >= 15 is 0 Å². The van der Waals surface area contributed by atoms with Crippen molar-refractivity contribution in [2.24, 2.45) is 11.8 Å². The molecule has 0 aliphatic carbocycles. The highest BCUT2D eigenvalue weighted by atomic mass is 16.5. The number of hydrogen-bond acceptors (Lipinski definition) is 4. The maximum absolute atomic E-state index is 10.1. The Morgan fingerprint density at radius 1 is 1.40 bits per heavy atom. The van der Waals surface area contributed by atoms with E-state index < -0.39 is 6.10 Å².